The Kier molecular flexibility index (Phi) is 5.15. The molecule has 0 heterocycles. The Balaban J connectivity index is 2.47. The largest absolute Gasteiger partial charge is 0.384 e. The van der Waals surface area contributed by atoms with Gasteiger partial charge in [0.15, 0.2) is 9.84 Å². The molecule has 0 aliphatic carbocycles. The summed E-state index contributed by atoms with van der Waals surface area (Å²) in [6, 6.07) is 6.61. The number of benzene rings is 1. The summed E-state index contributed by atoms with van der Waals surface area (Å²) in [4.78, 5) is 10.9. The molecule has 0 bridgehead atoms. The first-order chi connectivity index (χ1) is 8.44. The minimum absolute atomic E-state index is 0.110. The van der Waals surface area contributed by atoms with Gasteiger partial charge in [0.2, 0.25) is 5.91 Å². The van der Waals surface area contributed by atoms with Crippen LogP contribution in [0.15, 0.2) is 24.3 Å². The lowest BCUT2D eigenvalue weighted by molar-refractivity contribution is 0.100. The highest BCUT2D eigenvalue weighted by atomic mass is 32.2. The fourth-order valence-corrected chi connectivity index (χ4v) is 2.76. The van der Waals surface area contributed by atoms with Gasteiger partial charge in [-0.15, -0.1) is 0 Å². The van der Waals surface area contributed by atoms with Crippen molar-refractivity contribution in [3.05, 3.63) is 29.8 Å². The maximum atomic E-state index is 11.5. The molecule has 0 aliphatic rings. The van der Waals surface area contributed by atoms with E-state index in [1.54, 1.807) is 24.3 Å². The average molecular weight is 270 g/mol. The third-order valence-corrected chi connectivity index (χ3v) is 4.28. The van der Waals surface area contributed by atoms with Crippen molar-refractivity contribution in [2.75, 3.05) is 23.4 Å². The molecular formula is C12H18N2O3S. The highest BCUT2D eigenvalue weighted by molar-refractivity contribution is 7.91. The number of hydrogen-bond acceptors (Lipinski definition) is 4. The minimum Gasteiger partial charge on any atom is -0.384 e. The molecule has 6 heteroatoms. The van der Waals surface area contributed by atoms with Gasteiger partial charge in [-0.1, -0.05) is 6.92 Å². The van der Waals surface area contributed by atoms with Gasteiger partial charge in [-0.2, -0.15) is 0 Å². The number of carbonyl (C=O) groups excluding carboxylic acids is 1. The average Bonchev–Trinajstić information content (AvgIpc) is 2.29. The highest BCUT2D eigenvalue weighted by Gasteiger charge is 2.08. The fourth-order valence-electron chi connectivity index (χ4n) is 1.52. The number of rotatable bonds is 7. The lowest BCUT2D eigenvalue weighted by Crippen LogP contribution is -2.18. The molecular weight excluding hydrogens is 252 g/mol. The van der Waals surface area contributed by atoms with E-state index in [1.165, 1.54) is 0 Å². The Morgan fingerprint density at radius 1 is 1.22 bits per heavy atom. The number of anilines is 1. The molecule has 0 atom stereocenters. The highest BCUT2D eigenvalue weighted by Crippen LogP contribution is 2.08. The molecule has 1 aromatic carbocycles. The van der Waals surface area contributed by atoms with Gasteiger partial charge in [0.05, 0.1) is 5.75 Å². The monoisotopic (exact) mass is 270 g/mol. The number of sulfone groups is 1. The van der Waals surface area contributed by atoms with Crippen LogP contribution in [0.2, 0.25) is 0 Å². The molecule has 0 aromatic heterocycles. The van der Waals surface area contributed by atoms with E-state index in [4.69, 9.17) is 5.73 Å². The third-order valence-electron chi connectivity index (χ3n) is 2.43. The lowest BCUT2D eigenvalue weighted by atomic mass is 10.2. The number of carbonyl (C=O) groups is 1. The zero-order chi connectivity index (χ0) is 13.6. The number of nitrogens with two attached hydrogens (primary N) is 1. The van der Waals surface area contributed by atoms with Gasteiger partial charge >= 0.3 is 0 Å². The van der Waals surface area contributed by atoms with Gasteiger partial charge in [0.25, 0.3) is 0 Å². The quantitative estimate of drug-likeness (QED) is 0.774. The molecule has 100 valence electrons. The van der Waals surface area contributed by atoms with Crippen molar-refractivity contribution in [3.8, 4) is 0 Å². The Labute approximate surface area is 107 Å². The van der Waals surface area contributed by atoms with Crippen molar-refractivity contribution < 1.29 is 13.2 Å². The molecule has 0 unspecified atom stereocenters. The first kappa shape index (κ1) is 14.5. The number of amides is 1. The maximum absolute atomic E-state index is 11.5. The van der Waals surface area contributed by atoms with Crippen LogP contribution in [0.3, 0.4) is 0 Å². The van der Waals surface area contributed by atoms with E-state index < -0.39 is 15.7 Å². The number of nitrogens with one attached hydrogen (secondary N) is 1. The predicted octanol–water partition coefficient (Wildman–Crippen LogP) is 1.02. The van der Waals surface area contributed by atoms with Crippen LogP contribution in [0.5, 0.6) is 0 Å². The van der Waals surface area contributed by atoms with Crippen LogP contribution in [0.1, 0.15) is 23.7 Å². The van der Waals surface area contributed by atoms with Crippen molar-refractivity contribution in [2.45, 2.75) is 13.3 Å². The topological polar surface area (TPSA) is 89.3 Å². The van der Waals surface area contributed by atoms with E-state index in [0.717, 1.165) is 5.69 Å². The zero-order valence-electron chi connectivity index (χ0n) is 10.3. The summed E-state index contributed by atoms with van der Waals surface area (Å²) in [7, 11) is -2.96. The van der Waals surface area contributed by atoms with Crippen LogP contribution in [0.25, 0.3) is 0 Å². The van der Waals surface area contributed by atoms with Crippen molar-refractivity contribution in [3.63, 3.8) is 0 Å². The van der Waals surface area contributed by atoms with Gasteiger partial charge in [0, 0.05) is 23.5 Å². The maximum Gasteiger partial charge on any atom is 0.248 e. The molecule has 0 fully saturated rings. The van der Waals surface area contributed by atoms with Crippen LogP contribution >= 0.6 is 0 Å². The molecule has 18 heavy (non-hydrogen) atoms. The summed E-state index contributed by atoms with van der Waals surface area (Å²) in [5.74, 6) is -0.152. The molecule has 0 saturated carbocycles. The predicted molar refractivity (Wildman–Crippen MR) is 72.4 cm³/mol. The van der Waals surface area contributed by atoms with Gasteiger partial charge in [-0.25, -0.2) is 8.42 Å². The molecule has 0 saturated heterocycles. The van der Waals surface area contributed by atoms with Gasteiger partial charge in [-0.3, -0.25) is 4.79 Å². The summed E-state index contributed by atoms with van der Waals surface area (Å²) in [5.41, 5.74) is 6.32. The summed E-state index contributed by atoms with van der Waals surface area (Å²) in [6.45, 7) is 2.20. The summed E-state index contributed by atoms with van der Waals surface area (Å²) in [6.07, 6.45) is 0.635. The van der Waals surface area contributed by atoms with Gasteiger partial charge in [0.1, 0.15) is 0 Å². The Morgan fingerprint density at radius 3 is 2.33 bits per heavy atom. The lowest BCUT2D eigenvalue weighted by Gasteiger charge is -2.07. The smallest absolute Gasteiger partial charge is 0.248 e. The zero-order valence-corrected chi connectivity index (χ0v) is 11.2. The van der Waals surface area contributed by atoms with E-state index in [2.05, 4.69) is 5.32 Å². The molecule has 1 amide bonds. The van der Waals surface area contributed by atoms with Crippen LogP contribution in [0, 0.1) is 0 Å². The second-order valence-electron chi connectivity index (χ2n) is 4.02. The molecule has 0 aliphatic heterocycles. The number of hydrogen-bond donors (Lipinski definition) is 2. The third kappa shape index (κ3) is 4.75. The van der Waals surface area contributed by atoms with Crippen molar-refractivity contribution >= 4 is 21.4 Å². The van der Waals surface area contributed by atoms with E-state index in [0.29, 0.717) is 18.5 Å². The van der Waals surface area contributed by atoms with E-state index >= 15 is 0 Å². The van der Waals surface area contributed by atoms with Crippen molar-refractivity contribution in [1.82, 2.24) is 0 Å². The SMILES string of the molecule is CCCS(=O)(=O)CCNc1ccc(C(N)=O)cc1. The van der Waals surface area contributed by atoms with E-state index in [9.17, 15) is 13.2 Å². The normalized spacial score (nSPS) is 11.2. The Morgan fingerprint density at radius 2 is 1.83 bits per heavy atom. The van der Waals surface area contributed by atoms with Gasteiger partial charge in [-0.05, 0) is 30.7 Å². The molecule has 0 radical (unpaired) electrons. The molecule has 1 rings (SSSR count). The standard InChI is InChI=1S/C12H18N2O3S/c1-2-8-18(16,17)9-7-14-11-5-3-10(4-6-11)12(13)15/h3-6,14H,2,7-9H2,1H3,(H2,13,15). The second-order valence-corrected chi connectivity index (χ2v) is 6.32. The van der Waals surface area contributed by atoms with Crippen LogP contribution in [-0.2, 0) is 9.84 Å². The van der Waals surface area contributed by atoms with E-state index in [-0.39, 0.29) is 11.5 Å². The molecule has 3 N–H and O–H groups in total. The van der Waals surface area contributed by atoms with Crippen molar-refractivity contribution in [1.29, 1.82) is 0 Å². The van der Waals surface area contributed by atoms with Crippen LogP contribution in [0.4, 0.5) is 5.69 Å². The molecule has 5 nitrogen and oxygen atoms in total. The minimum atomic E-state index is -2.96. The fraction of sp³-hybridized carbons (Fsp3) is 0.417. The van der Waals surface area contributed by atoms with E-state index in [1.807, 2.05) is 6.92 Å². The summed E-state index contributed by atoms with van der Waals surface area (Å²) in [5, 5.41) is 2.99. The van der Waals surface area contributed by atoms with Crippen LogP contribution < -0.4 is 11.1 Å². The van der Waals surface area contributed by atoms with Crippen molar-refractivity contribution in [2.24, 2.45) is 5.73 Å². The summed E-state index contributed by atoms with van der Waals surface area (Å²) >= 11 is 0. The van der Waals surface area contributed by atoms with Gasteiger partial charge < -0.3 is 11.1 Å². The first-order valence-electron chi connectivity index (χ1n) is 5.79. The Bertz CT molecular complexity index is 495. The Hall–Kier alpha value is -1.56. The molecule has 0 spiro atoms. The summed E-state index contributed by atoms with van der Waals surface area (Å²) < 4.78 is 22.9. The molecule has 1 aromatic rings. The number of primary amides is 1. The second kappa shape index (κ2) is 6.39. The van der Waals surface area contributed by atoms with Crippen LogP contribution in [-0.4, -0.2) is 32.4 Å². The first-order valence-corrected chi connectivity index (χ1v) is 7.61.